The third-order valence-electron chi connectivity index (χ3n) is 9.78. The lowest BCUT2D eigenvalue weighted by Gasteiger charge is -2.37. The van der Waals surface area contributed by atoms with Gasteiger partial charge >= 0.3 is 5.69 Å². The maximum absolute atomic E-state index is 12.8. The van der Waals surface area contributed by atoms with Gasteiger partial charge in [-0.1, -0.05) is 19.1 Å². The predicted molar refractivity (Wildman–Crippen MR) is 190 cm³/mol. The first-order valence-electron chi connectivity index (χ1n) is 17.2. The number of benzene rings is 3. The van der Waals surface area contributed by atoms with Crippen LogP contribution in [0.25, 0.3) is 16.6 Å². The lowest BCUT2D eigenvalue weighted by molar-refractivity contribution is -0.192. The molecular weight excluding hydrogens is 634 g/mol. The third kappa shape index (κ3) is 6.25. The SMILES string of the molecule is CCC(C)n1ncn(-c2ccc(N3CCN(c4ccc(OC[C@@H]5CO[C@@](Cn6nccn6)(c6ccc7cc[nH]c7c6)O5)cc4)CC3)cc2)c1=O. The first-order valence-corrected chi connectivity index (χ1v) is 17.2. The van der Waals surface area contributed by atoms with Crippen LogP contribution in [0.2, 0.25) is 0 Å². The van der Waals surface area contributed by atoms with Gasteiger partial charge in [0.25, 0.3) is 0 Å². The standard InChI is InChI=1S/C37H41N9O4/c1-3-27(2)46-36(47)44(26-41-46)32-8-6-30(7-9-32)42-18-20-43(21-19-42)31-10-12-33(13-11-31)48-23-34-24-49-37(50-34,25-45-39-16-17-40-45)29-5-4-28-14-15-38-35(28)22-29/h4-17,22,26-27,34,38H,3,18-21,23-25H2,1-2H3/t27?,34-,37-/m1/s1. The molecule has 2 fully saturated rings. The Morgan fingerprint density at radius 1 is 0.900 bits per heavy atom. The van der Waals surface area contributed by atoms with E-state index in [-0.39, 0.29) is 17.8 Å². The number of piperazine rings is 1. The molecule has 0 saturated carbocycles. The molecule has 2 saturated heterocycles. The Bertz CT molecular complexity index is 2080. The molecule has 0 bridgehead atoms. The lowest BCUT2D eigenvalue weighted by atomic mass is 10.0. The first kappa shape index (κ1) is 31.8. The van der Waals surface area contributed by atoms with Gasteiger partial charge in [0.2, 0.25) is 5.79 Å². The quantitative estimate of drug-likeness (QED) is 0.208. The molecule has 8 rings (SSSR count). The Morgan fingerprint density at radius 3 is 2.28 bits per heavy atom. The summed E-state index contributed by atoms with van der Waals surface area (Å²) in [7, 11) is 0. The minimum atomic E-state index is -1.03. The highest BCUT2D eigenvalue weighted by molar-refractivity contribution is 5.80. The van der Waals surface area contributed by atoms with Crippen molar-refractivity contribution < 1.29 is 14.2 Å². The van der Waals surface area contributed by atoms with Gasteiger partial charge in [-0.2, -0.15) is 20.1 Å². The number of nitrogens with zero attached hydrogens (tertiary/aromatic N) is 8. The number of rotatable bonds is 11. The van der Waals surface area contributed by atoms with Crippen molar-refractivity contribution in [3.8, 4) is 11.4 Å². The summed E-state index contributed by atoms with van der Waals surface area (Å²) in [6, 6.07) is 24.7. The number of aromatic nitrogens is 7. The maximum atomic E-state index is 12.8. The van der Waals surface area contributed by atoms with E-state index < -0.39 is 5.79 Å². The highest BCUT2D eigenvalue weighted by Gasteiger charge is 2.45. The zero-order valence-corrected chi connectivity index (χ0v) is 28.3. The van der Waals surface area contributed by atoms with E-state index in [0.717, 1.165) is 71.9 Å². The summed E-state index contributed by atoms with van der Waals surface area (Å²) in [4.78, 5) is 22.5. The molecule has 5 heterocycles. The van der Waals surface area contributed by atoms with Crippen LogP contribution in [-0.4, -0.2) is 79.8 Å². The van der Waals surface area contributed by atoms with Crippen LogP contribution in [0.1, 0.15) is 31.9 Å². The first-order chi connectivity index (χ1) is 24.5. The molecule has 50 heavy (non-hydrogen) atoms. The van der Waals surface area contributed by atoms with E-state index in [1.165, 1.54) is 0 Å². The van der Waals surface area contributed by atoms with Crippen LogP contribution in [0.5, 0.6) is 5.75 Å². The molecule has 258 valence electrons. The number of ether oxygens (including phenoxy) is 3. The van der Waals surface area contributed by atoms with Crippen LogP contribution in [0, 0.1) is 0 Å². The van der Waals surface area contributed by atoms with Crippen molar-refractivity contribution in [2.24, 2.45) is 0 Å². The molecule has 1 N–H and O–H groups in total. The van der Waals surface area contributed by atoms with Gasteiger partial charge in [0, 0.05) is 54.8 Å². The van der Waals surface area contributed by atoms with Gasteiger partial charge in [-0.05, 0) is 79.4 Å². The van der Waals surface area contributed by atoms with E-state index in [1.54, 1.807) is 32.8 Å². The Balaban J connectivity index is 0.855. The summed E-state index contributed by atoms with van der Waals surface area (Å²) in [6.45, 7) is 8.71. The summed E-state index contributed by atoms with van der Waals surface area (Å²) in [5.74, 6) is -0.249. The Morgan fingerprint density at radius 2 is 1.58 bits per heavy atom. The summed E-state index contributed by atoms with van der Waals surface area (Å²) < 4.78 is 22.3. The van der Waals surface area contributed by atoms with Crippen LogP contribution < -0.4 is 20.2 Å². The molecular formula is C37H41N9O4. The van der Waals surface area contributed by atoms with Crippen molar-refractivity contribution >= 4 is 22.3 Å². The van der Waals surface area contributed by atoms with Gasteiger partial charge < -0.3 is 29.0 Å². The average molecular weight is 676 g/mol. The van der Waals surface area contributed by atoms with E-state index in [4.69, 9.17) is 14.2 Å². The summed E-state index contributed by atoms with van der Waals surface area (Å²) in [6.07, 6.45) is 7.41. The van der Waals surface area contributed by atoms with Crippen molar-refractivity contribution in [2.45, 2.75) is 44.7 Å². The van der Waals surface area contributed by atoms with Crippen molar-refractivity contribution in [1.82, 2.24) is 34.3 Å². The molecule has 6 aromatic rings. The molecule has 13 nitrogen and oxygen atoms in total. The largest absolute Gasteiger partial charge is 0.491 e. The van der Waals surface area contributed by atoms with Crippen LogP contribution >= 0.6 is 0 Å². The van der Waals surface area contributed by atoms with Crippen LogP contribution in [-0.2, 0) is 21.8 Å². The second-order valence-electron chi connectivity index (χ2n) is 12.9. The highest BCUT2D eigenvalue weighted by atomic mass is 16.8. The second-order valence-corrected chi connectivity index (χ2v) is 12.9. The van der Waals surface area contributed by atoms with Gasteiger partial charge in [0.1, 0.15) is 31.3 Å². The van der Waals surface area contributed by atoms with Crippen molar-refractivity contribution in [3.63, 3.8) is 0 Å². The fourth-order valence-corrected chi connectivity index (χ4v) is 6.73. The summed E-state index contributed by atoms with van der Waals surface area (Å²) in [5.41, 5.74) is 4.93. The van der Waals surface area contributed by atoms with E-state index in [0.29, 0.717) is 19.8 Å². The van der Waals surface area contributed by atoms with Gasteiger partial charge in [-0.3, -0.25) is 0 Å². The highest BCUT2D eigenvalue weighted by Crippen LogP contribution is 2.37. The molecule has 0 amide bonds. The van der Waals surface area contributed by atoms with E-state index >= 15 is 0 Å². The molecule has 0 aliphatic carbocycles. The summed E-state index contributed by atoms with van der Waals surface area (Å²) >= 11 is 0. The van der Waals surface area contributed by atoms with E-state index in [9.17, 15) is 4.79 Å². The lowest BCUT2D eigenvalue weighted by Crippen LogP contribution is -2.46. The van der Waals surface area contributed by atoms with Crippen molar-refractivity contribution in [1.29, 1.82) is 0 Å². The topological polar surface area (TPSA) is 120 Å². The fourth-order valence-electron chi connectivity index (χ4n) is 6.73. The zero-order chi connectivity index (χ0) is 34.1. The molecule has 0 spiro atoms. The molecule has 3 atom stereocenters. The predicted octanol–water partition coefficient (Wildman–Crippen LogP) is 4.75. The van der Waals surface area contributed by atoms with Gasteiger partial charge in [-0.15, -0.1) is 0 Å². The second kappa shape index (κ2) is 13.5. The van der Waals surface area contributed by atoms with Crippen molar-refractivity contribution in [2.75, 3.05) is 49.2 Å². The molecule has 13 heteroatoms. The van der Waals surface area contributed by atoms with Crippen molar-refractivity contribution in [3.05, 3.63) is 114 Å². The molecule has 3 aromatic carbocycles. The van der Waals surface area contributed by atoms with Gasteiger partial charge in [0.05, 0.1) is 30.7 Å². The van der Waals surface area contributed by atoms with Crippen LogP contribution in [0.3, 0.4) is 0 Å². The minimum Gasteiger partial charge on any atom is -0.491 e. The monoisotopic (exact) mass is 675 g/mol. The maximum Gasteiger partial charge on any atom is 0.350 e. The minimum absolute atomic E-state index is 0.0694. The van der Waals surface area contributed by atoms with Gasteiger partial charge in [0.15, 0.2) is 0 Å². The Kier molecular flexibility index (Phi) is 8.59. The van der Waals surface area contributed by atoms with E-state index in [2.05, 4.69) is 73.4 Å². The number of fused-ring (bicyclic) bond motifs is 1. The molecule has 0 radical (unpaired) electrons. The normalized spacial score (nSPS) is 20.1. The fraction of sp³-hybridized carbons (Fsp3) is 0.351. The van der Waals surface area contributed by atoms with Crippen LogP contribution in [0.15, 0.2) is 103 Å². The third-order valence-corrected chi connectivity index (χ3v) is 9.78. The number of anilines is 2. The number of hydrogen-bond acceptors (Lipinski definition) is 9. The van der Waals surface area contributed by atoms with E-state index in [1.807, 2.05) is 49.5 Å². The smallest absolute Gasteiger partial charge is 0.350 e. The average Bonchev–Trinajstić information content (AvgIpc) is 3.99. The van der Waals surface area contributed by atoms with Gasteiger partial charge in [-0.25, -0.2) is 14.0 Å². The number of hydrogen-bond donors (Lipinski definition) is 1. The molecule has 3 aromatic heterocycles. The van der Waals surface area contributed by atoms with Crippen LogP contribution in [0.4, 0.5) is 11.4 Å². The zero-order valence-electron chi connectivity index (χ0n) is 28.3. The Hall–Kier alpha value is -5.40. The Labute approximate surface area is 289 Å². The molecule has 1 unspecified atom stereocenters. The molecule has 2 aliphatic heterocycles. The number of aromatic amines is 1. The number of H-pyrrole nitrogens is 1. The molecule has 2 aliphatic rings. The number of nitrogens with one attached hydrogen (secondary N) is 1. The summed E-state index contributed by atoms with van der Waals surface area (Å²) in [5, 5.41) is 14.0.